The fraction of sp³-hybridized carbons (Fsp3) is 0.111. The summed E-state index contributed by atoms with van der Waals surface area (Å²) >= 11 is 0. The van der Waals surface area contributed by atoms with Gasteiger partial charge in [0.25, 0.3) is 0 Å². The highest BCUT2D eigenvalue weighted by molar-refractivity contribution is 5.97. The van der Waals surface area contributed by atoms with Gasteiger partial charge in [-0.3, -0.25) is 0 Å². The number of rotatable bonds is 5. The first kappa shape index (κ1) is 16.0. The van der Waals surface area contributed by atoms with Crippen molar-refractivity contribution in [1.29, 1.82) is 0 Å². The second-order valence-corrected chi connectivity index (χ2v) is 5.48. The molecule has 0 atom stereocenters. The van der Waals surface area contributed by atoms with Crippen LogP contribution < -0.4 is 4.74 Å². The largest absolute Gasteiger partial charge is 0.449 e. The van der Waals surface area contributed by atoms with E-state index in [1.807, 2.05) is 18.2 Å². The Morgan fingerprint density at radius 3 is 2.69 bits per heavy atom. The number of furan rings is 1. The first-order chi connectivity index (χ1) is 12.8. The van der Waals surface area contributed by atoms with E-state index in [0.29, 0.717) is 16.9 Å². The molecule has 8 nitrogen and oxygen atoms in total. The highest BCUT2D eigenvalue weighted by atomic mass is 16.5. The predicted molar refractivity (Wildman–Crippen MR) is 91.0 cm³/mol. The molecule has 4 aromatic rings. The lowest BCUT2D eigenvalue weighted by Crippen LogP contribution is -2.10. The van der Waals surface area contributed by atoms with Crippen LogP contribution in [0.2, 0.25) is 0 Å². The van der Waals surface area contributed by atoms with E-state index in [9.17, 15) is 4.79 Å². The van der Waals surface area contributed by atoms with Gasteiger partial charge >= 0.3 is 5.97 Å². The Bertz CT molecular complexity index is 1040. The van der Waals surface area contributed by atoms with Gasteiger partial charge in [0.05, 0.1) is 12.3 Å². The maximum Gasteiger partial charge on any atom is 0.380 e. The van der Waals surface area contributed by atoms with Gasteiger partial charge < -0.3 is 13.9 Å². The number of para-hydroxylation sites is 1. The molecule has 0 saturated heterocycles. The number of hydrogen-bond acceptors (Lipinski definition) is 7. The third kappa shape index (κ3) is 2.93. The molecule has 0 aliphatic heterocycles. The van der Waals surface area contributed by atoms with Crippen LogP contribution in [0.4, 0.5) is 0 Å². The number of ether oxygens (including phenoxy) is 2. The van der Waals surface area contributed by atoms with Gasteiger partial charge in [0.15, 0.2) is 0 Å². The Balaban J connectivity index is 1.60. The number of tetrazole rings is 1. The van der Waals surface area contributed by atoms with E-state index in [2.05, 4.69) is 15.5 Å². The predicted octanol–water partition coefficient (Wildman–Crippen LogP) is 2.77. The molecule has 0 amide bonds. The standard InChI is InChI=1S/C18H14N4O4/c1-24-10-15-14-4-2-3-5-16(14)26-17(15)18(23)25-13-8-6-12(7-9-13)22-11-19-20-21-22/h2-9,11H,10H2,1H3. The van der Waals surface area contributed by atoms with Gasteiger partial charge in [-0.05, 0) is 40.8 Å². The van der Waals surface area contributed by atoms with E-state index in [-0.39, 0.29) is 12.4 Å². The molecule has 0 N–H and O–H groups in total. The number of benzene rings is 2. The minimum absolute atomic E-state index is 0.137. The van der Waals surface area contributed by atoms with Gasteiger partial charge in [-0.2, -0.15) is 0 Å². The van der Waals surface area contributed by atoms with Gasteiger partial charge in [-0.1, -0.05) is 18.2 Å². The molecule has 0 bridgehead atoms. The fourth-order valence-electron chi connectivity index (χ4n) is 2.65. The number of fused-ring (bicyclic) bond motifs is 1. The van der Waals surface area contributed by atoms with Crippen molar-refractivity contribution in [2.45, 2.75) is 6.61 Å². The highest BCUT2D eigenvalue weighted by Gasteiger charge is 2.22. The molecule has 0 unspecified atom stereocenters. The summed E-state index contributed by atoms with van der Waals surface area (Å²) in [7, 11) is 1.56. The van der Waals surface area contributed by atoms with Crippen molar-refractivity contribution in [3.8, 4) is 11.4 Å². The van der Waals surface area contributed by atoms with E-state index in [1.54, 1.807) is 37.4 Å². The second-order valence-electron chi connectivity index (χ2n) is 5.48. The van der Waals surface area contributed by atoms with Crippen molar-refractivity contribution in [2.75, 3.05) is 7.11 Å². The SMILES string of the molecule is COCc1c(C(=O)Oc2ccc(-n3cnnn3)cc2)oc2ccccc12. The van der Waals surface area contributed by atoms with Crippen LogP contribution in [-0.4, -0.2) is 33.3 Å². The fourth-order valence-corrected chi connectivity index (χ4v) is 2.65. The number of carbonyl (C=O) groups excluding carboxylic acids is 1. The van der Waals surface area contributed by atoms with Gasteiger partial charge in [-0.15, -0.1) is 5.10 Å². The maximum atomic E-state index is 12.6. The van der Waals surface area contributed by atoms with Gasteiger partial charge in [0.2, 0.25) is 5.76 Å². The molecular formula is C18H14N4O4. The molecule has 0 aliphatic carbocycles. The molecule has 26 heavy (non-hydrogen) atoms. The van der Waals surface area contributed by atoms with Gasteiger partial charge in [-0.25, -0.2) is 9.48 Å². The Hall–Kier alpha value is -3.52. The summed E-state index contributed by atoms with van der Waals surface area (Å²) in [6.45, 7) is 0.250. The zero-order valence-electron chi connectivity index (χ0n) is 13.8. The average Bonchev–Trinajstić information content (AvgIpc) is 3.31. The van der Waals surface area contributed by atoms with Crippen LogP contribution in [0.15, 0.2) is 59.3 Å². The Morgan fingerprint density at radius 2 is 1.96 bits per heavy atom. The highest BCUT2D eigenvalue weighted by Crippen LogP contribution is 2.27. The van der Waals surface area contributed by atoms with Crippen LogP contribution in [0.1, 0.15) is 16.1 Å². The molecule has 0 radical (unpaired) electrons. The number of hydrogen-bond donors (Lipinski definition) is 0. The Kier molecular flexibility index (Phi) is 4.16. The van der Waals surface area contributed by atoms with E-state index in [4.69, 9.17) is 13.9 Å². The van der Waals surface area contributed by atoms with E-state index in [0.717, 1.165) is 11.1 Å². The summed E-state index contributed by atoms with van der Waals surface area (Å²) in [5.41, 5.74) is 2.03. The normalized spacial score (nSPS) is 11.0. The summed E-state index contributed by atoms with van der Waals surface area (Å²) in [5, 5.41) is 11.8. The minimum Gasteiger partial charge on any atom is -0.449 e. The van der Waals surface area contributed by atoms with Crippen LogP contribution in [0.3, 0.4) is 0 Å². The average molecular weight is 350 g/mol. The maximum absolute atomic E-state index is 12.6. The summed E-state index contributed by atoms with van der Waals surface area (Å²) < 4.78 is 17.8. The van der Waals surface area contributed by atoms with Crippen molar-refractivity contribution < 1.29 is 18.7 Å². The van der Waals surface area contributed by atoms with Crippen molar-refractivity contribution in [2.24, 2.45) is 0 Å². The van der Waals surface area contributed by atoms with Crippen molar-refractivity contribution in [3.63, 3.8) is 0 Å². The first-order valence-electron chi connectivity index (χ1n) is 7.81. The monoisotopic (exact) mass is 350 g/mol. The summed E-state index contributed by atoms with van der Waals surface area (Å²) in [6.07, 6.45) is 1.48. The van der Waals surface area contributed by atoms with Crippen LogP contribution in [0.25, 0.3) is 16.7 Å². The number of carbonyl (C=O) groups is 1. The lowest BCUT2D eigenvalue weighted by Gasteiger charge is -2.05. The Labute approximate surface area is 147 Å². The quantitative estimate of drug-likeness (QED) is 0.403. The van der Waals surface area contributed by atoms with E-state index < -0.39 is 5.97 Å². The summed E-state index contributed by atoms with van der Waals surface area (Å²) in [4.78, 5) is 12.6. The van der Waals surface area contributed by atoms with E-state index in [1.165, 1.54) is 11.0 Å². The topological polar surface area (TPSA) is 92.3 Å². The molecular weight excluding hydrogens is 336 g/mol. The molecule has 0 spiro atoms. The third-order valence-corrected chi connectivity index (χ3v) is 3.83. The molecule has 8 heteroatoms. The minimum atomic E-state index is -0.580. The zero-order chi connectivity index (χ0) is 17.9. The van der Waals surface area contributed by atoms with Crippen molar-refractivity contribution >= 4 is 16.9 Å². The molecule has 0 aliphatic rings. The number of methoxy groups -OCH3 is 1. The number of esters is 1. The van der Waals surface area contributed by atoms with Crippen LogP contribution >= 0.6 is 0 Å². The second kappa shape index (κ2) is 6.77. The summed E-state index contributed by atoms with van der Waals surface area (Å²) in [5.74, 6) is -0.0586. The molecule has 0 saturated carbocycles. The molecule has 4 rings (SSSR count). The molecule has 2 aromatic carbocycles. The van der Waals surface area contributed by atoms with Gasteiger partial charge in [0.1, 0.15) is 17.7 Å². The zero-order valence-corrected chi connectivity index (χ0v) is 13.8. The molecule has 130 valence electrons. The number of nitrogens with zero attached hydrogens (tertiary/aromatic N) is 4. The van der Waals surface area contributed by atoms with Crippen LogP contribution in [-0.2, 0) is 11.3 Å². The molecule has 2 aromatic heterocycles. The first-order valence-corrected chi connectivity index (χ1v) is 7.81. The van der Waals surface area contributed by atoms with Crippen LogP contribution in [0.5, 0.6) is 5.75 Å². The van der Waals surface area contributed by atoms with E-state index >= 15 is 0 Å². The smallest absolute Gasteiger partial charge is 0.380 e. The number of aromatic nitrogens is 4. The lowest BCUT2D eigenvalue weighted by molar-refractivity contribution is 0.0697. The van der Waals surface area contributed by atoms with Crippen LogP contribution in [0, 0.1) is 0 Å². The summed E-state index contributed by atoms with van der Waals surface area (Å²) in [6, 6.07) is 14.2. The third-order valence-electron chi connectivity index (χ3n) is 3.83. The lowest BCUT2D eigenvalue weighted by atomic mass is 10.1. The molecule has 0 fully saturated rings. The van der Waals surface area contributed by atoms with Crippen molar-refractivity contribution in [3.05, 3.63) is 66.2 Å². The van der Waals surface area contributed by atoms with Crippen molar-refractivity contribution in [1.82, 2.24) is 20.2 Å². The molecule has 2 heterocycles. The Morgan fingerprint density at radius 1 is 1.15 bits per heavy atom. The van der Waals surface area contributed by atoms with Gasteiger partial charge in [0, 0.05) is 18.1 Å².